The molecule has 7 nitrogen and oxygen atoms in total. The smallest absolute Gasteiger partial charge is 0.269 e. The lowest BCUT2D eigenvalue weighted by atomic mass is 10.1. The summed E-state index contributed by atoms with van der Waals surface area (Å²) in [7, 11) is 0. The predicted molar refractivity (Wildman–Crippen MR) is 90.9 cm³/mol. The third kappa shape index (κ3) is 2.66. The number of benzene rings is 2. The fraction of sp³-hybridized carbons (Fsp3) is 0.0556. The van der Waals surface area contributed by atoms with Gasteiger partial charge >= 0.3 is 0 Å². The molecule has 25 heavy (non-hydrogen) atoms. The van der Waals surface area contributed by atoms with Gasteiger partial charge in [-0.05, 0) is 18.6 Å². The van der Waals surface area contributed by atoms with Crippen molar-refractivity contribution in [1.82, 2.24) is 0 Å². The van der Waals surface area contributed by atoms with Crippen LogP contribution >= 0.6 is 0 Å². The van der Waals surface area contributed by atoms with Crippen LogP contribution in [-0.4, -0.2) is 21.5 Å². The molecule has 0 spiro atoms. The van der Waals surface area contributed by atoms with E-state index >= 15 is 0 Å². The number of hydrogen-bond acceptors (Lipinski definition) is 6. The Bertz CT molecular complexity index is 1030. The minimum absolute atomic E-state index is 0.0960. The first-order chi connectivity index (χ1) is 11.9. The summed E-state index contributed by atoms with van der Waals surface area (Å²) in [6, 6.07) is 12.3. The molecule has 0 saturated carbocycles. The lowest BCUT2D eigenvalue weighted by Gasteiger charge is -2.03. The van der Waals surface area contributed by atoms with Gasteiger partial charge in [-0.3, -0.25) is 14.9 Å². The Hall–Kier alpha value is -3.79. The number of Topliss-reactive ketones (excluding diaryl/α,β-unsaturated/α-hetero) is 1. The maximum Gasteiger partial charge on any atom is 0.269 e. The van der Waals surface area contributed by atoms with Crippen molar-refractivity contribution in [2.24, 2.45) is 4.99 Å². The monoisotopic (exact) mass is 333 g/mol. The number of ketones is 1. The number of carbonyl (C=O) groups excluding carboxylic acids is 1. The van der Waals surface area contributed by atoms with Crippen LogP contribution in [0.2, 0.25) is 0 Å². The number of carbonyl (C=O) groups is 1. The van der Waals surface area contributed by atoms with E-state index in [0.29, 0.717) is 22.4 Å². The second-order valence-corrected chi connectivity index (χ2v) is 5.40. The van der Waals surface area contributed by atoms with Crippen LogP contribution in [0.1, 0.15) is 21.5 Å². The second kappa shape index (κ2) is 6.02. The number of nitro groups is 1. The molecule has 0 bridgehead atoms. The van der Waals surface area contributed by atoms with Crippen LogP contribution in [-0.2, 0) is 0 Å². The van der Waals surface area contributed by atoms with Crippen LogP contribution in [0.3, 0.4) is 0 Å². The van der Waals surface area contributed by atoms with Gasteiger partial charge in [0.15, 0.2) is 11.5 Å². The fourth-order valence-electron chi connectivity index (χ4n) is 2.62. The summed E-state index contributed by atoms with van der Waals surface area (Å²) in [4.78, 5) is 26.9. The molecule has 0 radical (unpaired) electrons. The molecule has 3 rings (SSSR count). The number of nitrogens with zero attached hydrogens (tertiary/aromatic N) is 3. The molecule has 0 unspecified atom stereocenters. The first-order valence-corrected chi connectivity index (χ1v) is 7.25. The molecule has 122 valence electrons. The third-order valence-electron chi connectivity index (χ3n) is 3.86. The molecule has 0 heterocycles. The molecule has 0 fully saturated rings. The number of non-ortho nitro benzene ring substituents is 1. The maximum absolute atomic E-state index is 12.5. The van der Waals surface area contributed by atoms with Gasteiger partial charge in [-0.2, -0.15) is 5.26 Å². The summed E-state index contributed by atoms with van der Waals surface area (Å²) in [5.41, 5.74) is 0.943. The Morgan fingerprint density at radius 2 is 1.92 bits per heavy atom. The molecule has 0 saturated heterocycles. The standard InChI is InChI=1S/C18H11N3O4/c1-10-8-11(21(24)25)6-7-14(10)20-15(9-19)16-17(22)12-4-2-3-5-13(12)18(16)23/h2-8,22H,1H3. The number of aliphatic imine (C=N–C) groups is 1. The zero-order chi connectivity index (χ0) is 18.1. The van der Waals surface area contributed by atoms with E-state index in [1.165, 1.54) is 18.2 Å². The largest absolute Gasteiger partial charge is 0.506 e. The average Bonchev–Trinajstić information content (AvgIpc) is 2.85. The van der Waals surface area contributed by atoms with E-state index in [4.69, 9.17) is 0 Å². The number of fused-ring (bicyclic) bond motifs is 1. The zero-order valence-corrected chi connectivity index (χ0v) is 13.1. The van der Waals surface area contributed by atoms with Crippen molar-refractivity contribution in [2.45, 2.75) is 6.92 Å². The number of aliphatic hydroxyl groups excluding tert-OH is 1. The highest BCUT2D eigenvalue weighted by atomic mass is 16.6. The van der Waals surface area contributed by atoms with Gasteiger partial charge < -0.3 is 5.11 Å². The van der Waals surface area contributed by atoms with Gasteiger partial charge in [0, 0.05) is 23.3 Å². The molecule has 1 N–H and O–H groups in total. The van der Waals surface area contributed by atoms with Crippen LogP contribution in [0, 0.1) is 28.4 Å². The van der Waals surface area contributed by atoms with Gasteiger partial charge in [-0.1, -0.05) is 24.3 Å². The SMILES string of the molecule is Cc1cc([N+](=O)[O-])ccc1N=C(C#N)C1=C(O)c2ccccc2C1=O. The zero-order valence-electron chi connectivity index (χ0n) is 13.1. The minimum Gasteiger partial charge on any atom is -0.506 e. The van der Waals surface area contributed by atoms with E-state index in [-0.39, 0.29) is 22.7 Å². The number of aliphatic hydroxyl groups is 1. The molecule has 7 heteroatoms. The number of aryl methyl sites for hydroxylation is 1. The van der Waals surface area contributed by atoms with E-state index in [9.17, 15) is 25.3 Å². The maximum atomic E-state index is 12.5. The summed E-state index contributed by atoms with van der Waals surface area (Å²) in [6.07, 6.45) is 0. The fourth-order valence-corrected chi connectivity index (χ4v) is 2.62. The number of rotatable bonds is 3. The Balaban J connectivity index is 2.10. The molecule has 1 aliphatic carbocycles. The number of allylic oxidation sites excluding steroid dienone is 1. The number of nitriles is 1. The predicted octanol–water partition coefficient (Wildman–Crippen LogP) is 3.66. The molecular weight excluding hydrogens is 322 g/mol. The van der Waals surface area contributed by atoms with Gasteiger partial charge in [-0.15, -0.1) is 0 Å². The molecule has 0 aromatic heterocycles. The van der Waals surface area contributed by atoms with E-state index in [2.05, 4.69) is 4.99 Å². The van der Waals surface area contributed by atoms with E-state index in [1.807, 2.05) is 6.07 Å². The molecule has 2 aromatic rings. The summed E-state index contributed by atoms with van der Waals surface area (Å²) >= 11 is 0. The summed E-state index contributed by atoms with van der Waals surface area (Å²) in [5.74, 6) is -0.770. The Kier molecular flexibility index (Phi) is 3.87. The van der Waals surface area contributed by atoms with E-state index in [1.54, 1.807) is 31.2 Å². The van der Waals surface area contributed by atoms with E-state index < -0.39 is 10.7 Å². The van der Waals surface area contributed by atoms with Crippen molar-refractivity contribution in [3.05, 3.63) is 74.8 Å². The first-order valence-electron chi connectivity index (χ1n) is 7.25. The summed E-state index contributed by atoms with van der Waals surface area (Å²) in [6.45, 7) is 1.61. The van der Waals surface area contributed by atoms with Gasteiger partial charge in [0.25, 0.3) is 5.69 Å². The molecule has 0 amide bonds. The van der Waals surface area contributed by atoms with Gasteiger partial charge in [0.2, 0.25) is 0 Å². The highest BCUT2D eigenvalue weighted by molar-refractivity contribution is 6.39. The lowest BCUT2D eigenvalue weighted by molar-refractivity contribution is -0.384. The summed E-state index contributed by atoms with van der Waals surface area (Å²) in [5, 5.41) is 30.5. The highest BCUT2D eigenvalue weighted by Gasteiger charge is 2.32. The van der Waals surface area contributed by atoms with Crippen LogP contribution < -0.4 is 0 Å². The van der Waals surface area contributed by atoms with Crippen LogP contribution in [0.5, 0.6) is 0 Å². The topological polar surface area (TPSA) is 117 Å². The van der Waals surface area contributed by atoms with Crippen molar-refractivity contribution in [3.63, 3.8) is 0 Å². The van der Waals surface area contributed by atoms with Crippen LogP contribution in [0.15, 0.2) is 53.0 Å². The Labute approximate surface area is 142 Å². The lowest BCUT2D eigenvalue weighted by Crippen LogP contribution is -2.09. The average molecular weight is 333 g/mol. The first kappa shape index (κ1) is 16.1. The van der Waals surface area contributed by atoms with Crippen molar-refractivity contribution in [3.8, 4) is 6.07 Å². The summed E-state index contributed by atoms with van der Waals surface area (Å²) < 4.78 is 0. The third-order valence-corrected chi connectivity index (χ3v) is 3.86. The van der Waals surface area contributed by atoms with Gasteiger partial charge in [-0.25, -0.2) is 4.99 Å². The Morgan fingerprint density at radius 1 is 1.24 bits per heavy atom. The molecule has 0 aliphatic heterocycles. The van der Waals surface area contributed by atoms with Crippen LogP contribution in [0.4, 0.5) is 11.4 Å². The van der Waals surface area contributed by atoms with E-state index in [0.717, 1.165) is 0 Å². The normalized spacial score (nSPS) is 13.6. The van der Waals surface area contributed by atoms with Crippen molar-refractivity contribution >= 4 is 28.6 Å². The van der Waals surface area contributed by atoms with Gasteiger partial charge in [0.1, 0.15) is 17.4 Å². The number of nitro benzene ring substituents is 1. The van der Waals surface area contributed by atoms with Crippen LogP contribution in [0.25, 0.3) is 5.76 Å². The molecule has 0 atom stereocenters. The molecule has 1 aliphatic rings. The second-order valence-electron chi connectivity index (χ2n) is 5.40. The minimum atomic E-state index is -0.531. The van der Waals surface area contributed by atoms with Crippen molar-refractivity contribution < 1.29 is 14.8 Å². The number of hydrogen-bond donors (Lipinski definition) is 1. The molecular formula is C18H11N3O4. The van der Waals surface area contributed by atoms with Crippen molar-refractivity contribution in [2.75, 3.05) is 0 Å². The highest BCUT2D eigenvalue weighted by Crippen LogP contribution is 2.33. The van der Waals surface area contributed by atoms with Gasteiger partial charge in [0.05, 0.1) is 10.6 Å². The quantitative estimate of drug-likeness (QED) is 0.522. The van der Waals surface area contributed by atoms with Crippen molar-refractivity contribution in [1.29, 1.82) is 5.26 Å². The Morgan fingerprint density at radius 3 is 2.48 bits per heavy atom. The molecule has 2 aromatic carbocycles.